The quantitative estimate of drug-likeness (QED) is 0.823. The van der Waals surface area contributed by atoms with Gasteiger partial charge < -0.3 is 10.6 Å². The van der Waals surface area contributed by atoms with Gasteiger partial charge in [0.1, 0.15) is 5.82 Å². The second kappa shape index (κ2) is 6.44. The molecule has 0 bridgehead atoms. The summed E-state index contributed by atoms with van der Waals surface area (Å²) in [6, 6.07) is 13.0. The van der Waals surface area contributed by atoms with Crippen molar-refractivity contribution in [3.8, 4) is 0 Å². The van der Waals surface area contributed by atoms with E-state index in [0.29, 0.717) is 5.11 Å². The molecule has 0 aliphatic heterocycles. The van der Waals surface area contributed by atoms with E-state index in [9.17, 15) is 4.39 Å². The first kappa shape index (κ1) is 15.0. The third kappa shape index (κ3) is 3.45. The van der Waals surface area contributed by atoms with Gasteiger partial charge in [-0.15, -0.1) is 0 Å². The zero-order valence-corrected chi connectivity index (χ0v) is 13.3. The zero-order chi connectivity index (χ0) is 15.5. The molecule has 2 nitrogen and oxygen atoms in total. The molecule has 1 aliphatic rings. The van der Waals surface area contributed by atoms with Crippen molar-refractivity contribution >= 4 is 23.0 Å². The molecular formula is C18H19FN2S. The maximum Gasteiger partial charge on any atom is 0.171 e. The summed E-state index contributed by atoms with van der Waals surface area (Å²) < 4.78 is 12.9. The van der Waals surface area contributed by atoms with E-state index in [1.165, 1.54) is 48.1 Å². The molecule has 1 atom stereocenters. The lowest BCUT2D eigenvalue weighted by molar-refractivity contribution is 0.628. The van der Waals surface area contributed by atoms with Gasteiger partial charge in [-0.3, -0.25) is 0 Å². The maximum absolute atomic E-state index is 12.9. The van der Waals surface area contributed by atoms with Gasteiger partial charge in [-0.05, 0) is 79.4 Å². The highest BCUT2D eigenvalue weighted by atomic mass is 32.1. The van der Waals surface area contributed by atoms with E-state index in [0.717, 1.165) is 5.69 Å². The second-order valence-corrected chi connectivity index (χ2v) is 6.12. The van der Waals surface area contributed by atoms with Crippen molar-refractivity contribution in [3.05, 3.63) is 65.0 Å². The second-order valence-electron chi connectivity index (χ2n) is 5.71. The number of nitrogens with one attached hydrogen (secondary N) is 2. The highest BCUT2D eigenvalue weighted by Crippen LogP contribution is 2.25. The van der Waals surface area contributed by atoms with Crippen LogP contribution >= 0.6 is 12.2 Å². The van der Waals surface area contributed by atoms with Crippen molar-refractivity contribution in [2.45, 2.75) is 32.2 Å². The number of hydrogen-bond acceptors (Lipinski definition) is 1. The molecule has 0 heterocycles. The molecule has 0 radical (unpaired) electrons. The minimum atomic E-state index is -0.254. The first-order valence-electron chi connectivity index (χ1n) is 7.56. The lowest BCUT2D eigenvalue weighted by atomic mass is 10.0. The smallest absolute Gasteiger partial charge is 0.171 e. The van der Waals surface area contributed by atoms with Gasteiger partial charge in [0, 0.05) is 5.69 Å². The van der Waals surface area contributed by atoms with Crippen molar-refractivity contribution in [2.75, 3.05) is 5.32 Å². The van der Waals surface area contributed by atoms with Crippen LogP contribution in [0.5, 0.6) is 0 Å². The van der Waals surface area contributed by atoms with Crippen molar-refractivity contribution < 1.29 is 4.39 Å². The molecule has 0 amide bonds. The highest BCUT2D eigenvalue weighted by Gasteiger charge is 2.14. The van der Waals surface area contributed by atoms with E-state index in [-0.39, 0.29) is 11.9 Å². The van der Waals surface area contributed by atoms with Crippen LogP contribution in [0.2, 0.25) is 0 Å². The standard InChI is InChI=1S/C18H19FN2S/c1-12(14-6-5-13-3-2-4-15(13)11-14)20-18(22)21-17-9-7-16(19)8-10-17/h5-12H,2-4H2,1H3,(H2,20,21,22)/t12-/m0/s1. The Morgan fingerprint density at radius 3 is 2.59 bits per heavy atom. The SMILES string of the molecule is C[C@H](NC(=S)Nc1ccc(F)cc1)c1ccc2c(c1)CCC2. The van der Waals surface area contributed by atoms with E-state index in [1.807, 2.05) is 0 Å². The van der Waals surface area contributed by atoms with E-state index in [1.54, 1.807) is 12.1 Å². The van der Waals surface area contributed by atoms with Crippen molar-refractivity contribution in [1.29, 1.82) is 0 Å². The number of aryl methyl sites for hydroxylation is 2. The summed E-state index contributed by atoms with van der Waals surface area (Å²) in [6.45, 7) is 2.09. The molecule has 2 aromatic rings. The van der Waals surface area contributed by atoms with Crippen LogP contribution in [0.4, 0.5) is 10.1 Å². The van der Waals surface area contributed by atoms with Crippen molar-refractivity contribution in [1.82, 2.24) is 5.32 Å². The van der Waals surface area contributed by atoms with Gasteiger partial charge in [-0.2, -0.15) is 0 Å². The topological polar surface area (TPSA) is 24.1 Å². The summed E-state index contributed by atoms with van der Waals surface area (Å²) in [6.07, 6.45) is 3.63. The molecule has 0 fully saturated rings. The fraction of sp³-hybridized carbons (Fsp3) is 0.278. The van der Waals surface area contributed by atoms with Gasteiger partial charge in [-0.1, -0.05) is 18.2 Å². The number of hydrogen-bond donors (Lipinski definition) is 2. The lowest BCUT2D eigenvalue weighted by Gasteiger charge is -2.18. The molecule has 0 spiro atoms. The molecule has 0 aromatic heterocycles. The van der Waals surface area contributed by atoms with E-state index < -0.39 is 0 Å². The number of benzene rings is 2. The Bertz CT molecular complexity index is 682. The Hall–Kier alpha value is -1.94. The third-order valence-electron chi connectivity index (χ3n) is 4.07. The summed E-state index contributed by atoms with van der Waals surface area (Å²) in [5.41, 5.74) is 4.95. The number of rotatable bonds is 3. The van der Waals surface area contributed by atoms with Gasteiger partial charge in [0.15, 0.2) is 5.11 Å². The molecule has 0 saturated heterocycles. The normalized spacial score (nSPS) is 14.3. The first-order chi connectivity index (χ1) is 10.6. The monoisotopic (exact) mass is 314 g/mol. The number of thiocarbonyl (C=S) groups is 1. The van der Waals surface area contributed by atoms with Crippen LogP contribution in [0, 0.1) is 5.82 Å². The Labute approximate surface area is 135 Å². The predicted octanol–water partition coefficient (Wildman–Crippen LogP) is 4.36. The van der Waals surface area contributed by atoms with Gasteiger partial charge in [-0.25, -0.2) is 4.39 Å². The van der Waals surface area contributed by atoms with Crippen molar-refractivity contribution in [3.63, 3.8) is 0 Å². The van der Waals surface area contributed by atoms with Gasteiger partial charge >= 0.3 is 0 Å². The molecule has 114 valence electrons. The van der Waals surface area contributed by atoms with E-state index in [2.05, 4.69) is 35.8 Å². The fourth-order valence-electron chi connectivity index (χ4n) is 2.84. The molecule has 2 N–H and O–H groups in total. The Morgan fingerprint density at radius 1 is 1.09 bits per heavy atom. The Morgan fingerprint density at radius 2 is 1.82 bits per heavy atom. The van der Waals surface area contributed by atoms with E-state index in [4.69, 9.17) is 12.2 Å². The summed E-state index contributed by atoms with van der Waals surface area (Å²) in [5, 5.41) is 6.89. The maximum atomic E-state index is 12.9. The molecule has 1 aliphatic carbocycles. The van der Waals surface area contributed by atoms with Gasteiger partial charge in [0.05, 0.1) is 6.04 Å². The Balaban J connectivity index is 1.62. The predicted molar refractivity (Wildman–Crippen MR) is 92.6 cm³/mol. The van der Waals surface area contributed by atoms with Crippen LogP contribution in [0.3, 0.4) is 0 Å². The van der Waals surface area contributed by atoms with Crippen LogP contribution < -0.4 is 10.6 Å². The average Bonchev–Trinajstić information content (AvgIpc) is 2.97. The van der Waals surface area contributed by atoms with Gasteiger partial charge in [0.2, 0.25) is 0 Å². The molecule has 0 saturated carbocycles. The fourth-order valence-corrected chi connectivity index (χ4v) is 3.14. The average molecular weight is 314 g/mol. The summed E-state index contributed by atoms with van der Waals surface area (Å²) in [5.74, 6) is -0.254. The van der Waals surface area contributed by atoms with Crippen LogP contribution in [-0.2, 0) is 12.8 Å². The van der Waals surface area contributed by atoms with Crippen LogP contribution in [0.15, 0.2) is 42.5 Å². The Kier molecular flexibility index (Phi) is 4.39. The van der Waals surface area contributed by atoms with E-state index >= 15 is 0 Å². The van der Waals surface area contributed by atoms with Crippen molar-refractivity contribution in [2.24, 2.45) is 0 Å². The lowest BCUT2D eigenvalue weighted by Crippen LogP contribution is -2.30. The molecule has 22 heavy (non-hydrogen) atoms. The highest BCUT2D eigenvalue weighted by molar-refractivity contribution is 7.80. The number of anilines is 1. The summed E-state index contributed by atoms with van der Waals surface area (Å²) in [4.78, 5) is 0. The minimum absolute atomic E-state index is 0.131. The molecule has 2 aromatic carbocycles. The molecule has 0 unspecified atom stereocenters. The molecular weight excluding hydrogens is 295 g/mol. The molecule has 3 rings (SSSR count). The summed E-state index contributed by atoms with van der Waals surface area (Å²) in [7, 11) is 0. The number of fused-ring (bicyclic) bond motifs is 1. The first-order valence-corrected chi connectivity index (χ1v) is 7.97. The largest absolute Gasteiger partial charge is 0.356 e. The van der Waals surface area contributed by atoms with Gasteiger partial charge in [0.25, 0.3) is 0 Å². The minimum Gasteiger partial charge on any atom is -0.356 e. The number of halogens is 1. The zero-order valence-electron chi connectivity index (χ0n) is 12.5. The third-order valence-corrected chi connectivity index (χ3v) is 4.29. The van der Waals surface area contributed by atoms with Crippen LogP contribution in [0.1, 0.15) is 36.1 Å². The van der Waals surface area contributed by atoms with Crippen LogP contribution in [0.25, 0.3) is 0 Å². The summed E-state index contributed by atoms with van der Waals surface area (Å²) >= 11 is 5.33. The molecule has 4 heteroatoms. The van der Waals surface area contributed by atoms with Crippen LogP contribution in [-0.4, -0.2) is 5.11 Å².